The standard InChI is InChI=1S/C13H20BrNO2/c1-9(2)17-8-12(16)7-15-11-4-5-13(14)10(3)6-11/h4-6,9,12,15-16H,7-8H2,1-3H3. The number of halogens is 1. The molecule has 1 rings (SSSR count). The second-order valence-electron chi connectivity index (χ2n) is 4.38. The van der Waals surface area contributed by atoms with Crippen LogP contribution in [-0.2, 0) is 4.74 Å². The van der Waals surface area contributed by atoms with E-state index in [2.05, 4.69) is 21.2 Å². The summed E-state index contributed by atoms with van der Waals surface area (Å²) in [4.78, 5) is 0. The highest BCUT2D eigenvalue weighted by atomic mass is 79.9. The minimum Gasteiger partial charge on any atom is -0.389 e. The molecule has 0 heterocycles. The molecule has 0 saturated carbocycles. The van der Waals surface area contributed by atoms with Crippen molar-refractivity contribution in [2.75, 3.05) is 18.5 Å². The van der Waals surface area contributed by atoms with E-state index in [9.17, 15) is 5.11 Å². The van der Waals surface area contributed by atoms with Crippen molar-refractivity contribution in [3.8, 4) is 0 Å². The van der Waals surface area contributed by atoms with E-state index in [0.29, 0.717) is 13.2 Å². The normalized spacial score (nSPS) is 12.8. The summed E-state index contributed by atoms with van der Waals surface area (Å²) in [6.07, 6.45) is -0.332. The fourth-order valence-electron chi connectivity index (χ4n) is 1.35. The summed E-state index contributed by atoms with van der Waals surface area (Å²) in [5, 5.41) is 12.9. The second-order valence-corrected chi connectivity index (χ2v) is 5.24. The van der Waals surface area contributed by atoms with Gasteiger partial charge in [0.25, 0.3) is 0 Å². The molecule has 4 heteroatoms. The van der Waals surface area contributed by atoms with Crippen molar-refractivity contribution in [1.29, 1.82) is 0 Å². The van der Waals surface area contributed by atoms with Gasteiger partial charge in [0.1, 0.15) is 0 Å². The molecular formula is C13H20BrNO2. The van der Waals surface area contributed by atoms with Crippen LogP contribution in [0.5, 0.6) is 0 Å². The average molecular weight is 302 g/mol. The summed E-state index contributed by atoms with van der Waals surface area (Å²) >= 11 is 3.45. The Kier molecular flexibility index (Phi) is 5.95. The van der Waals surface area contributed by atoms with E-state index in [1.807, 2.05) is 39.0 Å². The Bertz CT molecular complexity index is 355. The third-order valence-corrected chi connectivity index (χ3v) is 3.21. The fourth-order valence-corrected chi connectivity index (χ4v) is 1.60. The average Bonchev–Trinajstić information content (AvgIpc) is 2.28. The van der Waals surface area contributed by atoms with Gasteiger partial charge in [0, 0.05) is 16.7 Å². The first-order chi connectivity index (χ1) is 7.99. The molecule has 3 nitrogen and oxygen atoms in total. The van der Waals surface area contributed by atoms with Crippen LogP contribution in [0.4, 0.5) is 5.69 Å². The van der Waals surface area contributed by atoms with E-state index in [4.69, 9.17) is 4.74 Å². The van der Waals surface area contributed by atoms with Crippen LogP contribution in [0, 0.1) is 6.92 Å². The summed E-state index contributed by atoms with van der Waals surface area (Å²) in [5.74, 6) is 0. The molecule has 0 aromatic heterocycles. The largest absolute Gasteiger partial charge is 0.389 e. The number of aliphatic hydroxyl groups excluding tert-OH is 1. The fraction of sp³-hybridized carbons (Fsp3) is 0.538. The summed E-state index contributed by atoms with van der Waals surface area (Å²) in [6, 6.07) is 6.02. The van der Waals surface area contributed by atoms with Crippen LogP contribution in [0.25, 0.3) is 0 Å². The molecule has 2 N–H and O–H groups in total. The molecule has 17 heavy (non-hydrogen) atoms. The lowest BCUT2D eigenvalue weighted by Gasteiger charge is -2.15. The highest BCUT2D eigenvalue weighted by Gasteiger charge is 2.05. The molecule has 0 bridgehead atoms. The Morgan fingerprint density at radius 2 is 2.12 bits per heavy atom. The van der Waals surface area contributed by atoms with Gasteiger partial charge in [-0.1, -0.05) is 15.9 Å². The quantitative estimate of drug-likeness (QED) is 0.849. The lowest BCUT2D eigenvalue weighted by Crippen LogP contribution is -2.26. The Morgan fingerprint density at radius 3 is 2.71 bits per heavy atom. The molecular weight excluding hydrogens is 282 g/mol. The van der Waals surface area contributed by atoms with Gasteiger partial charge in [0.15, 0.2) is 0 Å². The number of anilines is 1. The summed E-state index contributed by atoms with van der Waals surface area (Å²) in [5.41, 5.74) is 2.18. The minimum absolute atomic E-state index is 0.152. The summed E-state index contributed by atoms with van der Waals surface area (Å²) in [7, 11) is 0. The Hall–Kier alpha value is -0.580. The van der Waals surface area contributed by atoms with Gasteiger partial charge in [-0.3, -0.25) is 0 Å². The molecule has 0 aliphatic rings. The Morgan fingerprint density at radius 1 is 1.41 bits per heavy atom. The van der Waals surface area contributed by atoms with Crippen molar-refractivity contribution < 1.29 is 9.84 Å². The Balaban J connectivity index is 2.36. The van der Waals surface area contributed by atoms with Crippen LogP contribution >= 0.6 is 15.9 Å². The van der Waals surface area contributed by atoms with Crippen LogP contribution in [0.2, 0.25) is 0 Å². The molecule has 0 saturated heterocycles. The van der Waals surface area contributed by atoms with E-state index in [1.54, 1.807) is 0 Å². The molecule has 0 spiro atoms. The number of ether oxygens (including phenoxy) is 1. The number of aliphatic hydroxyl groups is 1. The highest BCUT2D eigenvalue weighted by molar-refractivity contribution is 9.10. The first kappa shape index (κ1) is 14.5. The number of hydrogen-bond acceptors (Lipinski definition) is 3. The van der Waals surface area contributed by atoms with Crippen molar-refractivity contribution in [2.45, 2.75) is 33.0 Å². The van der Waals surface area contributed by atoms with E-state index in [0.717, 1.165) is 10.2 Å². The first-order valence-corrected chi connectivity index (χ1v) is 6.58. The van der Waals surface area contributed by atoms with Gasteiger partial charge in [-0.2, -0.15) is 0 Å². The monoisotopic (exact) mass is 301 g/mol. The zero-order chi connectivity index (χ0) is 12.8. The third kappa shape index (κ3) is 5.52. The molecule has 1 unspecified atom stereocenters. The molecule has 1 aromatic rings. The van der Waals surface area contributed by atoms with Crippen molar-refractivity contribution in [3.05, 3.63) is 28.2 Å². The van der Waals surface area contributed by atoms with Crippen LogP contribution in [0.3, 0.4) is 0 Å². The van der Waals surface area contributed by atoms with E-state index < -0.39 is 6.10 Å². The molecule has 0 aliphatic carbocycles. The van der Waals surface area contributed by atoms with Gasteiger partial charge in [-0.05, 0) is 44.5 Å². The van der Waals surface area contributed by atoms with Crippen molar-refractivity contribution >= 4 is 21.6 Å². The lowest BCUT2D eigenvalue weighted by atomic mass is 10.2. The van der Waals surface area contributed by atoms with Gasteiger partial charge in [-0.15, -0.1) is 0 Å². The number of nitrogens with one attached hydrogen (secondary N) is 1. The van der Waals surface area contributed by atoms with Gasteiger partial charge in [0.2, 0.25) is 0 Å². The molecule has 96 valence electrons. The van der Waals surface area contributed by atoms with E-state index in [1.165, 1.54) is 5.56 Å². The minimum atomic E-state index is -0.485. The maximum absolute atomic E-state index is 9.69. The predicted molar refractivity (Wildman–Crippen MR) is 74.5 cm³/mol. The third-order valence-electron chi connectivity index (χ3n) is 2.32. The molecule has 0 amide bonds. The van der Waals surface area contributed by atoms with Gasteiger partial charge >= 0.3 is 0 Å². The van der Waals surface area contributed by atoms with Crippen LogP contribution < -0.4 is 5.32 Å². The number of rotatable bonds is 6. The van der Waals surface area contributed by atoms with Crippen LogP contribution in [0.1, 0.15) is 19.4 Å². The molecule has 1 atom stereocenters. The van der Waals surface area contributed by atoms with E-state index >= 15 is 0 Å². The number of aryl methyl sites for hydroxylation is 1. The summed E-state index contributed by atoms with van der Waals surface area (Å²) in [6.45, 7) is 6.80. The van der Waals surface area contributed by atoms with Crippen molar-refractivity contribution in [1.82, 2.24) is 0 Å². The zero-order valence-corrected chi connectivity index (χ0v) is 12.1. The molecule has 1 aromatic carbocycles. The first-order valence-electron chi connectivity index (χ1n) is 5.78. The van der Waals surface area contributed by atoms with Crippen LogP contribution in [-0.4, -0.2) is 30.5 Å². The topological polar surface area (TPSA) is 41.5 Å². The lowest BCUT2D eigenvalue weighted by molar-refractivity contribution is 0.0112. The van der Waals surface area contributed by atoms with E-state index in [-0.39, 0.29) is 6.10 Å². The smallest absolute Gasteiger partial charge is 0.0945 e. The highest BCUT2D eigenvalue weighted by Crippen LogP contribution is 2.19. The Labute approximate surface area is 111 Å². The zero-order valence-electron chi connectivity index (χ0n) is 10.5. The second kappa shape index (κ2) is 6.99. The van der Waals surface area contributed by atoms with Crippen LogP contribution in [0.15, 0.2) is 22.7 Å². The maximum atomic E-state index is 9.69. The predicted octanol–water partition coefficient (Wildman–Crippen LogP) is 2.96. The SMILES string of the molecule is Cc1cc(NCC(O)COC(C)C)ccc1Br. The van der Waals surface area contributed by atoms with Gasteiger partial charge in [0.05, 0.1) is 18.8 Å². The number of benzene rings is 1. The van der Waals surface area contributed by atoms with Crippen molar-refractivity contribution in [2.24, 2.45) is 0 Å². The number of hydrogen-bond donors (Lipinski definition) is 2. The maximum Gasteiger partial charge on any atom is 0.0945 e. The van der Waals surface area contributed by atoms with Gasteiger partial charge in [-0.25, -0.2) is 0 Å². The molecule has 0 fully saturated rings. The molecule has 0 radical (unpaired) electrons. The molecule has 0 aliphatic heterocycles. The van der Waals surface area contributed by atoms with Gasteiger partial charge < -0.3 is 15.2 Å². The summed E-state index contributed by atoms with van der Waals surface area (Å²) < 4.78 is 6.43. The van der Waals surface area contributed by atoms with Crippen molar-refractivity contribution in [3.63, 3.8) is 0 Å².